The van der Waals surface area contributed by atoms with Gasteiger partial charge in [-0.05, 0) is 23.3 Å². The van der Waals surface area contributed by atoms with Crippen molar-refractivity contribution in [1.29, 1.82) is 0 Å². The Labute approximate surface area is 123 Å². The lowest BCUT2D eigenvalue weighted by Gasteiger charge is -2.23. The minimum Gasteiger partial charge on any atom is -0.294 e. The summed E-state index contributed by atoms with van der Waals surface area (Å²) >= 11 is 0. The number of hydrogen-bond donors (Lipinski definition) is 0. The molecular formula is C19H28O. The van der Waals surface area contributed by atoms with Crippen molar-refractivity contribution < 1.29 is 4.79 Å². The normalized spacial score (nSPS) is 17.1. The first-order valence-corrected chi connectivity index (χ1v) is 8.16. The van der Waals surface area contributed by atoms with Gasteiger partial charge in [0.05, 0.1) is 0 Å². The van der Waals surface area contributed by atoms with Gasteiger partial charge in [-0.15, -0.1) is 0 Å². The van der Waals surface area contributed by atoms with Crippen LogP contribution >= 0.6 is 0 Å². The monoisotopic (exact) mass is 272 g/mol. The van der Waals surface area contributed by atoms with Crippen LogP contribution in [0.3, 0.4) is 0 Å². The molecule has 1 aliphatic rings. The van der Waals surface area contributed by atoms with E-state index in [9.17, 15) is 4.79 Å². The molecule has 0 aliphatic heterocycles. The summed E-state index contributed by atoms with van der Waals surface area (Å²) < 4.78 is 0. The highest BCUT2D eigenvalue weighted by Gasteiger charge is 2.20. The zero-order valence-corrected chi connectivity index (χ0v) is 13.2. The van der Waals surface area contributed by atoms with Crippen LogP contribution in [0.25, 0.3) is 0 Å². The van der Waals surface area contributed by atoms with Gasteiger partial charge in [-0.1, -0.05) is 77.1 Å². The average molecular weight is 272 g/mol. The molecule has 1 aromatic carbocycles. The Balaban J connectivity index is 2.00. The van der Waals surface area contributed by atoms with Gasteiger partial charge in [0, 0.05) is 12.0 Å². The molecule has 0 amide bonds. The van der Waals surface area contributed by atoms with Gasteiger partial charge in [-0.25, -0.2) is 0 Å². The molecule has 20 heavy (non-hydrogen) atoms. The summed E-state index contributed by atoms with van der Waals surface area (Å²) in [5.74, 6) is 0.959. The van der Waals surface area contributed by atoms with E-state index in [0.717, 1.165) is 18.4 Å². The number of carbonyl (C=O) groups excluding carboxylic acids is 1. The molecule has 0 atom stereocenters. The van der Waals surface area contributed by atoms with Gasteiger partial charge >= 0.3 is 0 Å². The molecule has 0 radical (unpaired) electrons. The second-order valence-corrected chi connectivity index (χ2v) is 6.95. The van der Waals surface area contributed by atoms with Gasteiger partial charge < -0.3 is 0 Å². The van der Waals surface area contributed by atoms with Gasteiger partial charge in [0.15, 0.2) is 5.78 Å². The van der Waals surface area contributed by atoms with Crippen molar-refractivity contribution in [3.8, 4) is 0 Å². The molecule has 2 rings (SSSR count). The summed E-state index contributed by atoms with van der Waals surface area (Å²) in [5.41, 5.74) is 2.42. The first kappa shape index (κ1) is 15.3. The van der Waals surface area contributed by atoms with Gasteiger partial charge in [0.2, 0.25) is 0 Å². The SMILES string of the molecule is CCC(C)(C)c1ccc(C(=O)CC2CCCCC2)cc1. The number of hydrogen-bond acceptors (Lipinski definition) is 1. The van der Waals surface area contributed by atoms with E-state index in [1.54, 1.807) is 0 Å². The lowest BCUT2D eigenvalue weighted by atomic mass is 9.81. The van der Waals surface area contributed by atoms with E-state index in [1.807, 2.05) is 12.1 Å². The van der Waals surface area contributed by atoms with Crippen molar-refractivity contribution >= 4 is 5.78 Å². The molecule has 0 aromatic heterocycles. The fourth-order valence-electron chi connectivity index (χ4n) is 3.08. The second-order valence-electron chi connectivity index (χ2n) is 6.95. The lowest BCUT2D eigenvalue weighted by molar-refractivity contribution is 0.0950. The number of carbonyl (C=O) groups is 1. The Morgan fingerprint density at radius 2 is 1.70 bits per heavy atom. The Hall–Kier alpha value is -1.11. The van der Waals surface area contributed by atoms with Crippen LogP contribution in [0.4, 0.5) is 0 Å². The molecule has 0 unspecified atom stereocenters. The number of rotatable bonds is 5. The quantitative estimate of drug-likeness (QED) is 0.644. The Kier molecular flexibility index (Phi) is 5.01. The first-order chi connectivity index (χ1) is 9.53. The van der Waals surface area contributed by atoms with Crippen molar-refractivity contribution in [1.82, 2.24) is 0 Å². The van der Waals surface area contributed by atoms with Gasteiger partial charge in [0.1, 0.15) is 0 Å². The molecule has 1 aromatic rings. The minimum atomic E-state index is 0.199. The summed E-state index contributed by atoms with van der Waals surface area (Å²) in [6, 6.07) is 8.32. The van der Waals surface area contributed by atoms with Crippen molar-refractivity contribution in [3.05, 3.63) is 35.4 Å². The molecular weight excluding hydrogens is 244 g/mol. The van der Waals surface area contributed by atoms with Crippen molar-refractivity contribution in [2.75, 3.05) is 0 Å². The third kappa shape index (κ3) is 3.71. The molecule has 1 aliphatic carbocycles. The van der Waals surface area contributed by atoms with Crippen LogP contribution < -0.4 is 0 Å². The van der Waals surface area contributed by atoms with Crippen LogP contribution in [0.1, 0.15) is 81.6 Å². The number of Topliss-reactive ketones (excluding diaryl/α,β-unsaturated/α-hetero) is 1. The van der Waals surface area contributed by atoms with Crippen LogP contribution in [0.15, 0.2) is 24.3 Å². The maximum atomic E-state index is 12.3. The van der Waals surface area contributed by atoms with Crippen molar-refractivity contribution in [3.63, 3.8) is 0 Å². The van der Waals surface area contributed by atoms with E-state index in [1.165, 1.54) is 37.7 Å². The minimum absolute atomic E-state index is 0.199. The largest absolute Gasteiger partial charge is 0.294 e. The van der Waals surface area contributed by atoms with Crippen molar-refractivity contribution in [2.24, 2.45) is 5.92 Å². The van der Waals surface area contributed by atoms with E-state index >= 15 is 0 Å². The molecule has 0 N–H and O–H groups in total. The molecule has 0 heterocycles. The molecule has 0 bridgehead atoms. The van der Waals surface area contributed by atoms with E-state index in [4.69, 9.17) is 0 Å². The Morgan fingerprint density at radius 1 is 1.10 bits per heavy atom. The van der Waals surface area contributed by atoms with Crippen LogP contribution in [-0.2, 0) is 5.41 Å². The smallest absolute Gasteiger partial charge is 0.163 e. The van der Waals surface area contributed by atoms with Gasteiger partial charge in [-0.2, -0.15) is 0 Å². The molecule has 1 heteroatoms. The third-order valence-corrected chi connectivity index (χ3v) is 5.07. The summed E-state index contributed by atoms with van der Waals surface area (Å²) in [4.78, 5) is 12.3. The fourth-order valence-corrected chi connectivity index (χ4v) is 3.08. The summed E-state index contributed by atoms with van der Waals surface area (Å²) in [5, 5.41) is 0. The molecule has 1 fully saturated rings. The van der Waals surface area contributed by atoms with Gasteiger partial charge in [-0.3, -0.25) is 4.79 Å². The fraction of sp³-hybridized carbons (Fsp3) is 0.632. The van der Waals surface area contributed by atoms with Crippen LogP contribution in [0.2, 0.25) is 0 Å². The lowest BCUT2D eigenvalue weighted by Crippen LogP contribution is -2.16. The average Bonchev–Trinajstić information content (AvgIpc) is 2.48. The number of ketones is 1. The highest BCUT2D eigenvalue weighted by atomic mass is 16.1. The molecule has 0 spiro atoms. The highest BCUT2D eigenvalue weighted by Crippen LogP contribution is 2.29. The van der Waals surface area contributed by atoms with E-state index < -0.39 is 0 Å². The zero-order chi connectivity index (χ0) is 14.6. The molecule has 1 saturated carbocycles. The maximum Gasteiger partial charge on any atom is 0.163 e. The standard InChI is InChI=1S/C19H28O/c1-4-19(2,3)17-12-10-16(11-13-17)18(20)14-15-8-6-5-7-9-15/h10-13,15H,4-9,14H2,1-3H3. The molecule has 110 valence electrons. The topological polar surface area (TPSA) is 17.1 Å². The maximum absolute atomic E-state index is 12.3. The summed E-state index contributed by atoms with van der Waals surface area (Å²) in [7, 11) is 0. The van der Waals surface area contributed by atoms with E-state index in [0.29, 0.717) is 11.7 Å². The second kappa shape index (κ2) is 6.56. The van der Waals surface area contributed by atoms with Crippen LogP contribution in [0.5, 0.6) is 0 Å². The van der Waals surface area contributed by atoms with Crippen molar-refractivity contribution in [2.45, 2.75) is 71.1 Å². The third-order valence-electron chi connectivity index (χ3n) is 5.07. The van der Waals surface area contributed by atoms with Crippen LogP contribution in [-0.4, -0.2) is 5.78 Å². The highest BCUT2D eigenvalue weighted by molar-refractivity contribution is 5.96. The van der Waals surface area contributed by atoms with E-state index in [2.05, 4.69) is 32.9 Å². The first-order valence-electron chi connectivity index (χ1n) is 8.16. The number of benzene rings is 1. The van der Waals surface area contributed by atoms with Crippen LogP contribution in [0, 0.1) is 5.92 Å². The van der Waals surface area contributed by atoms with E-state index in [-0.39, 0.29) is 5.41 Å². The predicted octanol–water partition coefficient (Wildman–Crippen LogP) is 5.53. The molecule has 1 nitrogen and oxygen atoms in total. The summed E-state index contributed by atoms with van der Waals surface area (Å²) in [6.07, 6.45) is 8.31. The Morgan fingerprint density at radius 3 is 2.25 bits per heavy atom. The summed E-state index contributed by atoms with van der Waals surface area (Å²) in [6.45, 7) is 6.72. The Bertz CT molecular complexity index is 435. The zero-order valence-electron chi connectivity index (χ0n) is 13.2. The molecule has 0 saturated heterocycles. The van der Waals surface area contributed by atoms with Gasteiger partial charge in [0.25, 0.3) is 0 Å². The predicted molar refractivity (Wildman–Crippen MR) is 85.3 cm³/mol.